The summed E-state index contributed by atoms with van der Waals surface area (Å²) >= 11 is 0. The molecular weight excluding hydrogens is 198 g/mol. The van der Waals surface area contributed by atoms with Gasteiger partial charge in [0, 0.05) is 13.1 Å². The van der Waals surface area contributed by atoms with Crippen molar-refractivity contribution in [3.8, 4) is 6.07 Å². The lowest BCUT2D eigenvalue weighted by Gasteiger charge is -2.32. The van der Waals surface area contributed by atoms with Crippen LogP contribution in [-0.4, -0.2) is 18.1 Å². The molecule has 2 rings (SSSR count). The molecule has 1 aliphatic carbocycles. The van der Waals surface area contributed by atoms with E-state index in [9.17, 15) is 0 Å². The average molecular weight is 215 g/mol. The first-order chi connectivity index (χ1) is 7.83. The van der Waals surface area contributed by atoms with Crippen LogP contribution in [0, 0.1) is 17.2 Å². The predicted octanol–water partition coefficient (Wildman–Crippen LogP) is 2.58. The van der Waals surface area contributed by atoms with E-state index in [1.807, 2.05) is 12.1 Å². The van der Waals surface area contributed by atoms with Crippen LogP contribution in [0.15, 0.2) is 18.2 Å². The van der Waals surface area contributed by atoms with Crippen LogP contribution in [0.2, 0.25) is 0 Å². The first-order valence-electron chi connectivity index (χ1n) is 5.95. The van der Waals surface area contributed by atoms with Gasteiger partial charge in [-0.15, -0.1) is 0 Å². The van der Waals surface area contributed by atoms with Gasteiger partial charge in [0.1, 0.15) is 17.6 Å². The van der Waals surface area contributed by atoms with Gasteiger partial charge in [-0.3, -0.25) is 0 Å². The first-order valence-corrected chi connectivity index (χ1v) is 5.95. The van der Waals surface area contributed by atoms with Crippen LogP contribution >= 0.6 is 0 Å². The molecule has 0 unspecified atom stereocenters. The molecule has 1 heterocycles. The molecule has 1 saturated carbocycles. The smallest absolute Gasteiger partial charge is 0.142 e. The number of rotatable bonds is 4. The number of anilines is 1. The van der Waals surface area contributed by atoms with Gasteiger partial charge < -0.3 is 4.90 Å². The average Bonchev–Trinajstić information content (AvgIpc) is 2.28. The molecule has 0 spiro atoms. The summed E-state index contributed by atoms with van der Waals surface area (Å²) in [4.78, 5) is 6.61. The van der Waals surface area contributed by atoms with E-state index >= 15 is 0 Å². The SMILES string of the molecule is CCN(CC1CCC1)c1cccc(C#N)n1. The van der Waals surface area contributed by atoms with Crippen LogP contribution < -0.4 is 4.90 Å². The maximum absolute atomic E-state index is 8.82. The quantitative estimate of drug-likeness (QED) is 0.775. The summed E-state index contributed by atoms with van der Waals surface area (Å²) in [5.41, 5.74) is 0.504. The molecule has 0 amide bonds. The van der Waals surface area contributed by atoms with Crippen LogP contribution in [0.5, 0.6) is 0 Å². The Morgan fingerprint density at radius 2 is 2.31 bits per heavy atom. The van der Waals surface area contributed by atoms with Crippen molar-refractivity contribution >= 4 is 5.82 Å². The second-order valence-electron chi connectivity index (χ2n) is 4.33. The van der Waals surface area contributed by atoms with Gasteiger partial charge in [0.05, 0.1) is 0 Å². The van der Waals surface area contributed by atoms with Crippen molar-refractivity contribution in [2.24, 2.45) is 5.92 Å². The van der Waals surface area contributed by atoms with Crippen molar-refractivity contribution in [1.82, 2.24) is 4.98 Å². The number of hydrogen-bond acceptors (Lipinski definition) is 3. The zero-order valence-corrected chi connectivity index (χ0v) is 9.69. The summed E-state index contributed by atoms with van der Waals surface area (Å²) in [7, 11) is 0. The molecule has 16 heavy (non-hydrogen) atoms. The minimum absolute atomic E-state index is 0.504. The predicted molar refractivity (Wildman–Crippen MR) is 64.2 cm³/mol. The fourth-order valence-corrected chi connectivity index (χ4v) is 2.03. The molecule has 1 fully saturated rings. The minimum atomic E-state index is 0.504. The maximum Gasteiger partial charge on any atom is 0.142 e. The van der Waals surface area contributed by atoms with Gasteiger partial charge in [-0.2, -0.15) is 5.26 Å². The van der Waals surface area contributed by atoms with Crippen molar-refractivity contribution in [3.05, 3.63) is 23.9 Å². The Labute approximate surface area is 96.7 Å². The highest BCUT2D eigenvalue weighted by Gasteiger charge is 2.20. The fraction of sp³-hybridized carbons (Fsp3) is 0.538. The van der Waals surface area contributed by atoms with E-state index in [-0.39, 0.29) is 0 Å². The van der Waals surface area contributed by atoms with Crippen molar-refractivity contribution in [1.29, 1.82) is 5.26 Å². The lowest BCUT2D eigenvalue weighted by Crippen LogP contribution is -2.33. The molecule has 0 atom stereocenters. The van der Waals surface area contributed by atoms with Crippen molar-refractivity contribution in [2.45, 2.75) is 26.2 Å². The van der Waals surface area contributed by atoms with E-state index in [1.54, 1.807) is 6.07 Å². The second-order valence-corrected chi connectivity index (χ2v) is 4.33. The molecule has 0 aromatic carbocycles. The molecule has 1 aromatic rings. The number of aromatic nitrogens is 1. The normalized spacial score (nSPS) is 15.2. The Kier molecular flexibility index (Phi) is 3.40. The number of nitriles is 1. The molecule has 0 saturated heterocycles. The van der Waals surface area contributed by atoms with Gasteiger partial charge in [-0.25, -0.2) is 4.98 Å². The molecule has 1 aromatic heterocycles. The Morgan fingerprint density at radius 1 is 1.50 bits per heavy atom. The molecule has 3 heteroatoms. The topological polar surface area (TPSA) is 39.9 Å². The molecule has 3 nitrogen and oxygen atoms in total. The standard InChI is InChI=1S/C13H17N3/c1-2-16(10-11-5-3-6-11)13-8-4-7-12(9-14)15-13/h4,7-8,11H,2-3,5-6,10H2,1H3. The van der Waals surface area contributed by atoms with Crippen LogP contribution in [0.25, 0.3) is 0 Å². The van der Waals surface area contributed by atoms with Crippen molar-refractivity contribution in [2.75, 3.05) is 18.0 Å². The van der Waals surface area contributed by atoms with Gasteiger partial charge in [-0.05, 0) is 37.8 Å². The lowest BCUT2D eigenvalue weighted by molar-refractivity contribution is 0.318. The zero-order chi connectivity index (χ0) is 11.4. The largest absolute Gasteiger partial charge is 0.357 e. The van der Waals surface area contributed by atoms with E-state index < -0.39 is 0 Å². The second kappa shape index (κ2) is 4.98. The highest BCUT2D eigenvalue weighted by atomic mass is 15.2. The van der Waals surface area contributed by atoms with Gasteiger partial charge in [-0.1, -0.05) is 12.5 Å². The highest BCUT2D eigenvalue weighted by molar-refractivity contribution is 5.41. The highest BCUT2D eigenvalue weighted by Crippen LogP contribution is 2.28. The molecule has 0 aliphatic heterocycles. The van der Waals surface area contributed by atoms with Gasteiger partial charge in [0.15, 0.2) is 0 Å². The number of nitrogens with zero attached hydrogens (tertiary/aromatic N) is 3. The number of pyridine rings is 1. The fourth-order valence-electron chi connectivity index (χ4n) is 2.03. The third-order valence-corrected chi connectivity index (χ3v) is 3.26. The minimum Gasteiger partial charge on any atom is -0.357 e. The summed E-state index contributed by atoms with van der Waals surface area (Å²) in [5.74, 6) is 1.76. The van der Waals surface area contributed by atoms with Crippen molar-refractivity contribution < 1.29 is 0 Å². The third-order valence-electron chi connectivity index (χ3n) is 3.26. The first kappa shape index (κ1) is 10.9. The summed E-state index contributed by atoms with van der Waals surface area (Å²) in [5, 5.41) is 8.82. The molecule has 84 valence electrons. The van der Waals surface area contributed by atoms with Crippen LogP contribution in [-0.2, 0) is 0 Å². The maximum atomic E-state index is 8.82. The van der Waals surface area contributed by atoms with E-state index in [0.717, 1.165) is 24.8 Å². The lowest BCUT2D eigenvalue weighted by atomic mass is 9.85. The van der Waals surface area contributed by atoms with Gasteiger partial charge in [0.2, 0.25) is 0 Å². The Bertz CT molecular complexity index is 390. The van der Waals surface area contributed by atoms with Gasteiger partial charge in [0.25, 0.3) is 0 Å². The summed E-state index contributed by atoms with van der Waals surface area (Å²) < 4.78 is 0. The molecule has 0 radical (unpaired) electrons. The molecule has 1 aliphatic rings. The summed E-state index contributed by atoms with van der Waals surface area (Å²) in [6, 6.07) is 7.74. The van der Waals surface area contributed by atoms with E-state index in [1.165, 1.54) is 19.3 Å². The third kappa shape index (κ3) is 2.33. The monoisotopic (exact) mass is 215 g/mol. The van der Waals surface area contributed by atoms with E-state index in [2.05, 4.69) is 22.9 Å². The Hall–Kier alpha value is -1.56. The van der Waals surface area contributed by atoms with E-state index in [0.29, 0.717) is 5.69 Å². The van der Waals surface area contributed by atoms with Crippen LogP contribution in [0.4, 0.5) is 5.82 Å². The van der Waals surface area contributed by atoms with Gasteiger partial charge >= 0.3 is 0 Å². The summed E-state index contributed by atoms with van der Waals surface area (Å²) in [6.07, 6.45) is 4.05. The van der Waals surface area contributed by atoms with E-state index in [4.69, 9.17) is 5.26 Å². The van der Waals surface area contributed by atoms with Crippen LogP contribution in [0.3, 0.4) is 0 Å². The summed E-state index contributed by atoms with van der Waals surface area (Å²) in [6.45, 7) is 4.18. The molecular formula is C13H17N3. The molecule has 0 N–H and O–H groups in total. The zero-order valence-electron chi connectivity index (χ0n) is 9.69. The molecule has 0 bridgehead atoms. The van der Waals surface area contributed by atoms with Crippen LogP contribution in [0.1, 0.15) is 31.9 Å². The van der Waals surface area contributed by atoms with Crippen molar-refractivity contribution in [3.63, 3.8) is 0 Å². The number of hydrogen-bond donors (Lipinski definition) is 0. The Balaban J connectivity index is 2.09. The Morgan fingerprint density at radius 3 is 2.88 bits per heavy atom.